The monoisotopic (exact) mass is 245 g/mol. The number of benzene rings is 1. The van der Waals surface area contributed by atoms with Crippen LogP contribution in [0.25, 0.3) is 0 Å². The summed E-state index contributed by atoms with van der Waals surface area (Å²) in [5, 5.41) is 18.2. The molecule has 0 aliphatic rings. The highest BCUT2D eigenvalue weighted by molar-refractivity contribution is 9.10. The maximum absolute atomic E-state index is 9.23. The van der Waals surface area contributed by atoms with Crippen LogP contribution in [0.4, 0.5) is 0 Å². The van der Waals surface area contributed by atoms with Crippen LogP contribution in [0.15, 0.2) is 22.7 Å². The lowest BCUT2D eigenvalue weighted by Gasteiger charge is -2.13. The number of aliphatic hydroxyl groups excluding tert-OH is 1. The van der Waals surface area contributed by atoms with Crippen LogP contribution >= 0.6 is 15.9 Å². The predicted molar refractivity (Wildman–Crippen MR) is 54.7 cm³/mol. The van der Waals surface area contributed by atoms with E-state index >= 15 is 0 Å². The summed E-state index contributed by atoms with van der Waals surface area (Å²) in [6.45, 7) is 0.344. The summed E-state index contributed by atoms with van der Waals surface area (Å²) in [6, 6.07) is 4.93. The molecule has 0 heterocycles. The van der Waals surface area contributed by atoms with Crippen LogP contribution in [0.5, 0.6) is 5.75 Å². The second-order valence-electron chi connectivity index (χ2n) is 2.82. The average molecular weight is 246 g/mol. The second kappa shape index (κ2) is 4.60. The number of nitrogens with two attached hydrogens (primary N) is 1. The van der Waals surface area contributed by atoms with Crippen LogP contribution in [0, 0.1) is 0 Å². The van der Waals surface area contributed by atoms with Crippen molar-refractivity contribution < 1.29 is 10.2 Å². The fraction of sp³-hybridized carbons (Fsp3) is 0.333. The molecule has 0 aliphatic carbocycles. The summed E-state index contributed by atoms with van der Waals surface area (Å²) < 4.78 is 0.856. The van der Waals surface area contributed by atoms with Crippen LogP contribution in [0.2, 0.25) is 0 Å². The zero-order valence-electron chi connectivity index (χ0n) is 7.07. The third kappa shape index (κ3) is 2.43. The number of phenols is 1. The van der Waals surface area contributed by atoms with E-state index in [1.54, 1.807) is 18.2 Å². The minimum atomic E-state index is -0.124. The van der Waals surface area contributed by atoms with E-state index in [9.17, 15) is 5.11 Å². The molecule has 0 aliphatic heterocycles. The summed E-state index contributed by atoms with van der Waals surface area (Å²) >= 11 is 3.33. The van der Waals surface area contributed by atoms with Crippen LogP contribution in [0.3, 0.4) is 0 Å². The molecule has 3 nitrogen and oxygen atoms in total. The number of aliphatic hydroxyl groups is 1. The van der Waals surface area contributed by atoms with Gasteiger partial charge < -0.3 is 15.9 Å². The highest BCUT2D eigenvalue weighted by Crippen LogP contribution is 2.27. The molecule has 1 atom stereocenters. The van der Waals surface area contributed by atoms with Crippen molar-refractivity contribution in [3.63, 3.8) is 0 Å². The molecule has 1 aromatic carbocycles. The number of hydrogen-bond acceptors (Lipinski definition) is 3. The van der Waals surface area contributed by atoms with Crippen molar-refractivity contribution in [2.75, 3.05) is 13.2 Å². The first kappa shape index (κ1) is 10.5. The van der Waals surface area contributed by atoms with Gasteiger partial charge in [-0.3, -0.25) is 0 Å². The first-order valence-corrected chi connectivity index (χ1v) is 4.77. The molecule has 0 saturated carbocycles. The van der Waals surface area contributed by atoms with E-state index < -0.39 is 0 Å². The number of aromatic hydroxyl groups is 1. The zero-order chi connectivity index (χ0) is 9.84. The molecule has 0 amide bonds. The van der Waals surface area contributed by atoms with Gasteiger partial charge in [0.1, 0.15) is 5.75 Å². The number of phenolic OH excluding ortho intramolecular Hbond substituents is 1. The molecule has 1 aromatic rings. The Morgan fingerprint density at radius 3 is 2.69 bits per heavy atom. The molecule has 72 valence electrons. The summed E-state index contributed by atoms with van der Waals surface area (Å²) in [4.78, 5) is 0. The maximum atomic E-state index is 9.23. The maximum Gasteiger partial charge on any atom is 0.115 e. The van der Waals surface area contributed by atoms with Crippen molar-refractivity contribution in [3.8, 4) is 5.75 Å². The Kier molecular flexibility index (Phi) is 3.71. The van der Waals surface area contributed by atoms with Crippen LogP contribution in [-0.2, 0) is 0 Å². The molecular formula is C9H12BrNO2. The summed E-state index contributed by atoms with van der Waals surface area (Å²) in [5.41, 5.74) is 6.31. The molecule has 4 heteroatoms. The zero-order valence-corrected chi connectivity index (χ0v) is 8.66. The molecular weight excluding hydrogens is 234 g/mol. The standard InChI is InChI=1S/C9H12BrNO2/c10-9-2-1-7(13)3-8(9)6(4-11)5-12/h1-3,6,12-13H,4-5,11H2. The summed E-state index contributed by atoms with van der Waals surface area (Å²) in [6.07, 6.45) is 0. The number of halogens is 1. The predicted octanol–water partition coefficient (Wildman–Crippen LogP) is 1.19. The molecule has 13 heavy (non-hydrogen) atoms. The van der Waals surface area contributed by atoms with E-state index in [2.05, 4.69) is 15.9 Å². The van der Waals surface area contributed by atoms with E-state index in [-0.39, 0.29) is 18.3 Å². The smallest absolute Gasteiger partial charge is 0.115 e. The first-order chi connectivity index (χ1) is 6.19. The van der Waals surface area contributed by atoms with Gasteiger partial charge in [-0.15, -0.1) is 0 Å². The van der Waals surface area contributed by atoms with Gasteiger partial charge in [0.15, 0.2) is 0 Å². The summed E-state index contributed by atoms with van der Waals surface area (Å²) in [7, 11) is 0. The molecule has 0 spiro atoms. The molecule has 0 bridgehead atoms. The molecule has 0 radical (unpaired) electrons. The van der Waals surface area contributed by atoms with E-state index in [0.717, 1.165) is 10.0 Å². The van der Waals surface area contributed by atoms with Gasteiger partial charge in [-0.05, 0) is 23.8 Å². The topological polar surface area (TPSA) is 66.5 Å². The van der Waals surface area contributed by atoms with Crippen LogP contribution in [0.1, 0.15) is 11.5 Å². The Bertz CT molecular complexity index is 287. The Morgan fingerprint density at radius 2 is 2.15 bits per heavy atom. The van der Waals surface area contributed by atoms with Crippen molar-refractivity contribution in [2.45, 2.75) is 5.92 Å². The SMILES string of the molecule is NCC(CO)c1cc(O)ccc1Br. The Hall–Kier alpha value is -0.580. The quantitative estimate of drug-likeness (QED) is 0.750. The molecule has 1 rings (SSSR count). The molecule has 1 unspecified atom stereocenters. The fourth-order valence-corrected chi connectivity index (χ4v) is 1.71. The highest BCUT2D eigenvalue weighted by Gasteiger charge is 2.12. The van der Waals surface area contributed by atoms with Crippen molar-refractivity contribution in [3.05, 3.63) is 28.2 Å². The molecule has 0 saturated heterocycles. The van der Waals surface area contributed by atoms with Crippen molar-refractivity contribution >= 4 is 15.9 Å². The fourth-order valence-electron chi connectivity index (χ4n) is 1.14. The van der Waals surface area contributed by atoms with E-state index in [0.29, 0.717) is 6.54 Å². The molecule has 0 aromatic heterocycles. The number of hydrogen-bond donors (Lipinski definition) is 3. The third-order valence-corrected chi connectivity index (χ3v) is 2.65. The van der Waals surface area contributed by atoms with E-state index in [1.165, 1.54) is 0 Å². The summed E-state index contributed by atoms with van der Waals surface area (Å²) in [5.74, 6) is 0.0616. The van der Waals surface area contributed by atoms with Crippen molar-refractivity contribution in [1.82, 2.24) is 0 Å². The molecule has 4 N–H and O–H groups in total. The Balaban J connectivity index is 3.03. The van der Waals surface area contributed by atoms with Gasteiger partial charge in [0, 0.05) is 16.9 Å². The Morgan fingerprint density at radius 1 is 1.46 bits per heavy atom. The van der Waals surface area contributed by atoms with Gasteiger partial charge in [0.2, 0.25) is 0 Å². The Labute approximate surface area is 85.3 Å². The van der Waals surface area contributed by atoms with Gasteiger partial charge in [-0.1, -0.05) is 15.9 Å². The van der Waals surface area contributed by atoms with Gasteiger partial charge >= 0.3 is 0 Å². The minimum Gasteiger partial charge on any atom is -0.508 e. The van der Waals surface area contributed by atoms with E-state index in [1.807, 2.05) is 0 Å². The second-order valence-corrected chi connectivity index (χ2v) is 3.68. The highest BCUT2D eigenvalue weighted by atomic mass is 79.9. The van der Waals surface area contributed by atoms with Crippen molar-refractivity contribution in [1.29, 1.82) is 0 Å². The normalized spacial score (nSPS) is 12.8. The lowest BCUT2D eigenvalue weighted by Crippen LogP contribution is -2.16. The lowest BCUT2D eigenvalue weighted by molar-refractivity contribution is 0.267. The van der Waals surface area contributed by atoms with Gasteiger partial charge in [0.05, 0.1) is 6.61 Å². The van der Waals surface area contributed by atoms with Crippen LogP contribution < -0.4 is 5.73 Å². The minimum absolute atomic E-state index is 0.0153. The van der Waals surface area contributed by atoms with Gasteiger partial charge in [0.25, 0.3) is 0 Å². The number of rotatable bonds is 3. The third-order valence-electron chi connectivity index (χ3n) is 1.92. The van der Waals surface area contributed by atoms with Crippen molar-refractivity contribution in [2.24, 2.45) is 5.73 Å². The lowest BCUT2D eigenvalue weighted by atomic mass is 10.0. The average Bonchev–Trinajstić information content (AvgIpc) is 2.13. The van der Waals surface area contributed by atoms with Gasteiger partial charge in [-0.25, -0.2) is 0 Å². The largest absolute Gasteiger partial charge is 0.508 e. The molecule has 0 fully saturated rings. The van der Waals surface area contributed by atoms with Gasteiger partial charge in [-0.2, -0.15) is 0 Å². The van der Waals surface area contributed by atoms with Crippen LogP contribution in [-0.4, -0.2) is 23.4 Å². The van der Waals surface area contributed by atoms with E-state index in [4.69, 9.17) is 10.8 Å². The first-order valence-electron chi connectivity index (χ1n) is 3.98.